The number of benzene rings is 2. The van der Waals surface area contributed by atoms with Crippen LogP contribution in [-0.2, 0) is 37.2 Å². The molecule has 4 fully saturated rings. The van der Waals surface area contributed by atoms with Crippen LogP contribution >= 0.6 is 0 Å². The van der Waals surface area contributed by atoms with Gasteiger partial charge in [0.2, 0.25) is 0 Å². The summed E-state index contributed by atoms with van der Waals surface area (Å²) in [5, 5.41) is 0. The summed E-state index contributed by atoms with van der Waals surface area (Å²) in [6, 6.07) is 15.7. The van der Waals surface area contributed by atoms with Gasteiger partial charge >= 0.3 is 28.3 Å². The Kier molecular flexibility index (Phi) is 8.94. The first-order valence-electron chi connectivity index (χ1n) is 17.7. The Balaban J connectivity index is 1.12. The predicted octanol–water partition coefficient (Wildman–Crippen LogP) is 6.08. The van der Waals surface area contributed by atoms with E-state index in [0.717, 1.165) is 10.9 Å². The molecule has 0 bridgehead atoms. The predicted molar refractivity (Wildman–Crippen MR) is 194 cm³/mol. The highest BCUT2D eigenvalue weighted by molar-refractivity contribution is 7.11. The zero-order chi connectivity index (χ0) is 36.1. The smallest absolute Gasteiger partial charge is 0.457 e. The third-order valence-corrected chi connectivity index (χ3v) is 12.4. The third kappa shape index (κ3) is 6.56. The SMILES string of the molecule is CC1(C)OB(B2OC(C)(C)C(C)(CCC3(C)OB(c4cccc(Oc5cccc(B6OC(C)(C)C(C)(C)O6)c5)c4)OC3(C)C)O2)OC1(C)C. The van der Waals surface area contributed by atoms with Gasteiger partial charge in [0.1, 0.15) is 11.5 Å². The molecule has 4 aliphatic heterocycles. The van der Waals surface area contributed by atoms with Crippen LogP contribution in [0.5, 0.6) is 11.5 Å². The van der Waals surface area contributed by atoms with Crippen LogP contribution in [0.2, 0.25) is 0 Å². The van der Waals surface area contributed by atoms with Crippen molar-refractivity contribution in [3.8, 4) is 11.5 Å². The molecule has 0 N–H and O–H groups in total. The lowest BCUT2D eigenvalue weighted by atomic mass is 9.49. The molecular weight excluding hydrogens is 620 g/mol. The van der Waals surface area contributed by atoms with Crippen LogP contribution in [0, 0.1) is 0 Å². The Morgan fingerprint density at radius 2 is 0.776 bits per heavy atom. The van der Waals surface area contributed by atoms with Crippen LogP contribution in [0.4, 0.5) is 0 Å². The van der Waals surface area contributed by atoms with Gasteiger partial charge in [0, 0.05) is 0 Å². The van der Waals surface area contributed by atoms with Crippen LogP contribution in [0.25, 0.3) is 0 Å². The molecule has 0 aromatic heterocycles. The summed E-state index contributed by atoms with van der Waals surface area (Å²) in [5.74, 6) is 1.37. The van der Waals surface area contributed by atoms with E-state index in [-0.39, 0.29) is 0 Å². The van der Waals surface area contributed by atoms with Crippen molar-refractivity contribution < 1.29 is 42.0 Å². The summed E-state index contributed by atoms with van der Waals surface area (Å²) >= 11 is 0. The molecule has 264 valence electrons. The van der Waals surface area contributed by atoms with Crippen LogP contribution in [-0.4, -0.2) is 73.1 Å². The maximum absolute atomic E-state index is 6.78. The third-order valence-electron chi connectivity index (χ3n) is 12.4. The Labute approximate surface area is 295 Å². The normalized spacial score (nSPS) is 30.7. The van der Waals surface area contributed by atoms with E-state index in [9.17, 15) is 0 Å². The molecular formula is C36H54B4O9. The maximum atomic E-state index is 6.78. The number of ether oxygens (including phenoxy) is 1. The van der Waals surface area contributed by atoms with Gasteiger partial charge in [0.25, 0.3) is 0 Å². The van der Waals surface area contributed by atoms with E-state index >= 15 is 0 Å². The van der Waals surface area contributed by atoms with Crippen LogP contribution < -0.4 is 15.7 Å². The Morgan fingerprint density at radius 1 is 0.429 bits per heavy atom. The minimum atomic E-state index is -0.643. The molecule has 0 aliphatic carbocycles. The van der Waals surface area contributed by atoms with Crippen molar-refractivity contribution in [3.05, 3.63) is 48.5 Å². The first kappa shape index (κ1) is 37.0. The summed E-state index contributed by atoms with van der Waals surface area (Å²) in [6.07, 6.45) is 1.35. The summed E-state index contributed by atoms with van der Waals surface area (Å²) in [4.78, 5) is 0. The standard InChI is InChI=1S/C36H54B4O9/c1-29(2)30(3,4)43-37(42-29)25-17-15-19-27(23-25)41-28-20-16-18-26(24-28)38-44-33(9,10)35(13,48-38)21-22-36(14)34(11,12)47-40(49-36)39-45-31(5,6)32(7,8)46-39/h15-20,23-24H,21-22H2,1-14H3. The molecule has 2 atom stereocenters. The summed E-state index contributed by atoms with van der Waals surface area (Å²) in [6.45, 7) is 28.9. The zero-order valence-electron chi connectivity index (χ0n) is 32.0. The maximum Gasteiger partial charge on any atom is 0.494 e. The lowest BCUT2D eigenvalue weighted by Gasteiger charge is -2.42. The zero-order valence-corrected chi connectivity index (χ0v) is 32.0. The molecule has 13 heteroatoms. The first-order valence-corrected chi connectivity index (χ1v) is 17.7. The minimum Gasteiger partial charge on any atom is -0.457 e. The Hall–Kier alpha value is -1.82. The van der Waals surface area contributed by atoms with Gasteiger partial charge in [-0.15, -0.1) is 0 Å². The van der Waals surface area contributed by atoms with Crippen LogP contribution in [0.15, 0.2) is 48.5 Å². The molecule has 49 heavy (non-hydrogen) atoms. The molecule has 0 radical (unpaired) electrons. The summed E-state index contributed by atoms with van der Waals surface area (Å²) < 4.78 is 57.9. The molecule has 4 aliphatic rings. The molecule has 4 saturated heterocycles. The van der Waals surface area contributed by atoms with E-state index in [1.165, 1.54) is 0 Å². The van der Waals surface area contributed by atoms with Gasteiger partial charge in [-0.05, 0) is 145 Å². The van der Waals surface area contributed by atoms with Crippen molar-refractivity contribution in [3.63, 3.8) is 0 Å². The molecule has 4 heterocycles. The molecule has 0 spiro atoms. The largest absolute Gasteiger partial charge is 0.494 e. The fourth-order valence-electron chi connectivity index (χ4n) is 6.64. The van der Waals surface area contributed by atoms with Crippen LogP contribution in [0.3, 0.4) is 0 Å². The second-order valence-corrected chi connectivity index (χ2v) is 17.6. The molecule has 2 aromatic carbocycles. The summed E-state index contributed by atoms with van der Waals surface area (Å²) in [5.41, 5.74) is -2.42. The van der Waals surface area contributed by atoms with E-state index < -0.39 is 73.1 Å². The fourth-order valence-corrected chi connectivity index (χ4v) is 6.64. The van der Waals surface area contributed by atoms with Gasteiger partial charge < -0.3 is 42.0 Å². The van der Waals surface area contributed by atoms with E-state index in [1.807, 2.05) is 76.2 Å². The second kappa shape index (κ2) is 11.9. The molecule has 2 unspecified atom stereocenters. The average molecular weight is 674 g/mol. The Bertz CT molecular complexity index is 1530. The average Bonchev–Trinajstić information content (AvgIpc) is 3.55. The van der Waals surface area contributed by atoms with E-state index in [4.69, 9.17) is 42.0 Å². The van der Waals surface area contributed by atoms with Crippen molar-refractivity contribution in [2.45, 2.75) is 155 Å². The Morgan fingerprint density at radius 3 is 1.27 bits per heavy atom. The van der Waals surface area contributed by atoms with Gasteiger partial charge in [0.15, 0.2) is 0 Å². The lowest BCUT2D eigenvalue weighted by Crippen LogP contribution is -2.50. The molecule has 6 rings (SSSR count). The van der Waals surface area contributed by atoms with Crippen molar-refractivity contribution in [1.29, 1.82) is 0 Å². The first-order chi connectivity index (χ1) is 22.4. The highest BCUT2D eigenvalue weighted by atomic mass is 16.7. The topological polar surface area (TPSA) is 83.1 Å². The van der Waals surface area contributed by atoms with Gasteiger partial charge in [-0.1, -0.05) is 24.3 Å². The van der Waals surface area contributed by atoms with Gasteiger partial charge in [-0.25, -0.2) is 0 Å². The molecule has 0 amide bonds. The fraction of sp³-hybridized carbons (Fsp3) is 0.667. The van der Waals surface area contributed by atoms with E-state index in [2.05, 4.69) is 69.2 Å². The summed E-state index contributed by atoms with van der Waals surface area (Å²) in [7, 11) is -2.30. The van der Waals surface area contributed by atoms with E-state index in [0.29, 0.717) is 24.3 Å². The van der Waals surface area contributed by atoms with E-state index in [1.54, 1.807) is 0 Å². The lowest BCUT2D eigenvalue weighted by molar-refractivity contribution is -0.0576. The second-order valence-electron chi connectivity index (χ2n) is 17.6. The van der Waals surface area contributed by atoms with Crippen molar-refractivity contribution in [2.24, 2.45) is 0 Å². The van der Waals surface area contributed by atoms with Gasteiger partial charge in [0.05, 0.1) is 44.8 Å². The number of hydrogen-bond donors (Lipinski definition) is 0. The highest BCUT2D eigenvalue weighted by Gasteiger charge is 2.65. The molecule has 9 nitrogen and oxygen atoms in total. The van der Waals surface area contributed by atoms with Crippen LogP contribution in [0.1, 0.15) is 110 Å². The van der Waals surface area contributed by atoms with Gasteiger partial charge in [-0.3, -0.25) is 0 Å². The number of hydrogen-bond acceptors (Lipinski definition) is 9. The minimum absolute atomic E-state index is 0.422. The van der Waals surface area contributed by atoms with Crippen molar-refractivity contribution in [2.75, 3.05) is 0 Å². The number of rotatable bonds is 8. The monoisotopic (exact) mass is 674 g/mol. The molecule has 2 aromatic rings. The van der Waals surface area contributed by atoms with Crippen molar-refractivity contribution >= 4 is 39.2 Å². The quantitative estimate of drug-likeness (QED) is 0.310. The highest BCUT2D eigenvalue weighted by Crippen LogP contribution is 2.48. The van der Waals surface area contributed by atoms with Crippen molar-refractivity contribution in [1.82, 2.24) is 0 Å². The molecule has 0 saturated carbocycles. The van der Waals surface area contributed by atoms with Gasteiger partial charge in [-0.2, -0.15) is 0 Å².